The van der Waals surface area contributed by atoms with E-state index in [1.165, 1.54) is 0 Å². The second-order valence-corrected chi connectivity index (χ2v) is 6.20. The molecule has 0 aromatic heterocycles. The maximum atomic E-state index is 11.9. The van der Waals surface area contributed by atoms with Gasteiger partial charge in [0.15, 0.2) is 5.78 Å². The minimum absolute atomic E-state index is 0.207. The highest BCUT2D eigenvalue weighted by atomic mass is 32.2. The minimum atomic E-state index is 0.207. The molecule has 2 nitrogen and oxygen atoms in total. The zero-order valence-electron chi connectivity index (χ0n) is 11.0. The monoisotopic (exact) mass is 264 g/mol. The molecule has 0 amide bonds. The summed E-state index contributed by atoms with van der Waals surface area (Å²) in [6.45, 7) is 4.34. The lowest BCUT2D eigenvalue weighted by Gasteiger charge is -2.06. The van der Waals surface area contributed by atoms with Crippen LogP contribution in [0.25, 0.3) is 0 Å². The summed E-state index contributed by atoms with van der Waals surface area (Å²) >= 11 is 1.71. The Labute approximate surface area is 113 Å². The van der Waals surface area contributed by atoms with Gasteiger partial charge in [0.1, 0.15) is 5.75 Å². The lowest BCUT2D eigenvalue weighted by Crippen LogP contribution is -2.04. The van der Waals surface area contributed by atoms with Crippen molar-refractivity contribution in [1.82, 2.24) is 0 Å². The number of benzene rings is 1. The number of hydrogen-bond acceptors (Lipinski definition) is 3. The van der Waals surface area contributed by atoms with Crippen molar-refractivity contribution < 1.29 is 9.53 Å². The Hall–Kier alpha value is -0.960. The van der Waals surface area contributed by atoms with E-state index in [0.717, 1.165) is 29.9 Å². The van der Waals surface area contributed by atoms with Gasteiger partial charge in [-0.1, -0.05) is 13.8 Å². The van der Waals surface area contributed by atoms with Gasteiger partial charge in [-0.2, -0.15) is 11.8 Å². The Morgan fingerprint density at radius 3 is 2.56 bits per heavy atom. The zero-order chi connectivity index (χ0) is 13.0. The van der Waals surface area contributed by atoms with Gasteiger partial charge in [0.05, 0.1) is 11.9 Å². The highest BCUT2D eigenvalue weighted by Gasteiger charge is 2.23. The first-order chi connectivity index (χ1) is 8.65. The minimum Gasteiger partial charge on any atom is -0.490 e. The van der Waals surface area contributed by atoms with Gasteiger partial charge in [0, 0.05) is 5.56 Å². The Balaban J connectivity index is 1.81. The van der Waals surface area contributed by atoms with E-state index in [1.54, 1.807) is 11.8 Å². The summed E-state index contributed by atoms with van der Waals surface area (Å²) in [5, 5.41) is 0. The van der Waals surface area contributed by atoms with Crippen LogP contribution in [0.4, 0.5) is 0 Å². The lowest BCUT2D eigenvalue weighted by molar-refractivity contribution is 0.102. The Kier molecular flexibility index (Phi) is 4.70. The Morgan fingerprint density at radius 2 is 2.00 bits per heavy atom. The van der Waals surface area contributed by atoms with Crippen LogP contribution >= 0.6 is 11.8 Å². The summed E-state index contributed by atoms with van der Waals surface area (Å²) in [4.78, 5) is 11.9. The number of ether oxygens (including phenoxy) is 1. The summed E-state index contributed by atoms with van der Waals surface area (Å²) in [5.41, 5.74) is 0.786. The van der Waals surface area contributed by atoms with E-state index in [-0.39, 0.29) is 5.78 Å². The first-order valence-corrected chi connectivity index (χ1v) is 7.68. The van der Waals surface area contributed by atoms with Crippen LogP contribution in [0.2, 0.25) is 0 Å². The van der Waals surface area contributed by atoms with Crippen LogP contribution in [-0.2, 0) is 0 Å². The number of ketones is 1. The van der Waals surface area contributed by atoms with Gasteiger partial charge in [0.25, 0.3) is 0 Å². The van der Waals surface area contributed by atoms with Crippen LogP contribution in [0, 0.1) is 5.92 Å². The maximum Gasteiger partial charge on any atom is 0.172 e. The molecule has 2 rings (SSSR count). The van der Waals surface area contributed by atoms with Gasteiger partial charge in [-0.15, -0.1) is 0 Å². The molecule has 0 bridgehead atoms. The van der Waals surface area contributed by atoms with Gasteiger partial charge in [-0.05, 0) is 48.8 Å². The molecule has 0 aliphatic heterocycles. The van der Waals surface area contributed by atoms with E-state index in [1.807, 2.05) is 24.3 Å². The average Bonchev–Trinajstić information content (AvgIpc) is 3.13. The molecule has 0 saturated heterocycles. The second kappa shape index (κ2) is 6.28. The van der Waals surface area contributed by atoms with Crippen molar-refractivity contribution >= 4 is 17.5 Å². The molecule has 0 unspecified atom stereocenters. The molecule has 1 aliphatic carbocycles. The average molecular weight is 264 g/mol. The predicted octanol–water partition coefficient (Wildman–Crippen LogP) is 3.80. The molecular weight excluding hydrogens is 244 g/mol. The van der Waals surface area contributed by atoms with Crippen LogP contribution in [-0.4, -0.2) is 23.4 Å². The van der Waals surface area contributed by atoms with Crippen molar-refractivity contribution in [2.45, 2.75) is 32.8 Å². The summed E-state index contributed by atoms with van der Waals surface area (Å²) in [7, 11) is 0. The van der Waals surface area contributed by atoms with Crippen LogP contribution < -0.4 is 4.74 Å². The third kappa shape index (κ3) is 4.37. The summed E-state index contributed by atoms with van der Waals surface area (Å²) in [6.07, 6.45) is 2.73. The van der Waals surface area contributed by atoms with E-state index >= 15 is 0 Å². The molecule has 0 heterocycles. The summed E-state index contributed by atoms with van der Waals surface area (Å²) in [5.74, 6) is 3.33. The van der Waals surface area contributed by atoms with Gasteiger partial charge in [-0.25, -0.2) is 0 Å². The Bertz CT molecular complexity index is 393. The van der Waals surface area contributed by atoms with Crippen molar-refractivity contribution in [3.8, 4) is 5.75 Å². The molecule has 18 heavy (non-hydrogen) atoms. The highest BCUT2D eigenvalue weighted by Crippen LogP contribution is 2.26. The van der Waals surface area contributed by atoms with Gasteiger partial charge >= 0.3 is 0 Å². The van der Waals surface area contributed by atoms with Gasteiger partial charge in [-0.3, -0.25) is 4.79 Å². The van der Waals surface area contributed by atoms with Crippen LogP contribution in [0.15, 0.2) is 24.3 Å². The normalized spacial score (nSPS) is 14.8. The largest absolute Gasteiger partial charge is 0.490 e. The molecule has 98 valence electrons. The van der Waals surface area contributed by atoms with Crippen LogP contribution in [0.5, 0.6) is 5.75 Å². The number of Topliss-reactive ketones (excluding diaryl/α,β-unsaturated/α-hetero) is 1. The fourth-order valence-corrected chi connectivity index (χ4v) is 2.51. The van der Waals surface area contributed by atoms with Crippen molar-refractivity contribution in [2.75, 3.05) is 11.5 Å². The van der Waals surface area contributed by atoms with Crippen molar-refractivity contribution in [3.63, 3.8) is 0 Å². The van der Waals surface area contributed by atoms with E-state index < -0.39 is 0 Å². The van der Waals surface area contributed by atoms with Crippen molar-refractivity contribution in [1.29, 1.82) is 0 Å². The quantitative estimate of drug-likeness (QED) is 0.701. The number of carbonyl (C=O) groups is 1. The molecular formula is C15H20O2S. The molecule has 0 atom stereocenters. The third-order valence-corrected chi connectivity index (χ3v) is 4.06. The van der Waals surface area contributed by atoms with Crippen LogP contribution in [0.1, 0.15) is 37.0 Å². The van der Waals surface area contributed by atoms with Crippen LogP contribution in [0.3, 0.4) is 0 Å². The van der Waals surface area contributed by atoms with Gasteiger partial charge < -0.3 is 4.74 Å². The number of rotatable bonds is 7. The maximum absolute atomic E-state index is 11.9. The molecule has 1 aliphatic rings. The fourth-order valence-electron chi connectivity index (χ4n) is 1.57. The first-order valence-electron chi connectivity index (χ1n) is 6.53. The van der Waals surface area contributed by atoms with E-state index in [9.17, 15) is 4.79 Å². The van der Waals surface area contributed by atoms with Crippen molar-refractivity contribution in [3.05, 3.63) is 29.8 Å². The molecule has 3 heteroatoms. The SMILES string of the molecule is CC(C)CSCC(=O)c1ccc(OC2CC2)cc1. The summed E-state index contributed by atoms with van der Waals surface area (Å²) < 4.78 is 5.66. The van der Waals surface area contributed by atoms with Gasteiger partial charge in [0.2, 0.25) is 0 Å². The zero-order valence-corrected chi connectivity index (χ0v) is 11.8. The second-order valence-electron chi connectivity index (χ2n) is 5.17. The Morgan fingerprint density at radius 1 is 1.33 bits per heavy atom. The van der Waals surface area contributed by atoms with E-state index in [0.29, 0.717) is 17.8 Å². The molecule has 1 aromatic carbocycles. The smallest absolute Gasteiger partial charge is 0.172 e. The number of hydrogen-bond donors (Lipinski definition) is 0. The molecule has 1 aromatic rings. The number of carbonyl (C=O) groups excluding carboxylic acids is 1. The molecule has 0 spiro atoms. The van der Waals surface area contributed by atoms with Crippen molar-refractivity contribution in [2.24, 2.45) is 5.92 Å². The molecule has 1 fully saturated rings. The summed E-state index contributed by atoms with van der Waals surface area (Å²) in [6, 6.07) is 7.54. The highest BCUT2D eigenvalue weighted by molar-refractivity contribution is 7.99. The molecule has 1 saturated carbocycles. The topological polar surface area (TPSA) is 26.3 Å². The first kappa shape index (κ1) is 13.5. The molecule has 0 radical (unpaired) electrons. The lowest BCUT2D eigenvalue weighted by atomic mass is 10.1. The molecule has 0 N–H and O–H groups in total. The number of thioether (sulfide) groups is 1. The van der Waals surface area contributed by atoms with E-state index in [2.05, 4.69) is 13.8 Å². The fraction of sp³-hybridized carbons (Fsp3) is 0.533. The predicted molar refractivity (Wildman–Crippen MR) is 76.6 cm³/mol. The van der Waals surface area contributed by atoms with E-state index in [4.69, 9.17) is 4.74 Å². The third-order valence-electron chi connectivity index (χ3n) is 2.69. The standard InChI is InChI=1S/C15H20O2S/c1-11(2)9-18-10-15(16)12-3-5-13(6-4-12)17-14-7-8-14/h3-6,11,14H,7-10H2,1-2H3.